The molecule has 1 unspecified atom stereocenters. The van der Waals surface area contributed by atoms with Crippen molar-refractivity contribution in [1.82, 2.24) is 0 Å². The van der Waals surface area contributed by atoms with Crippen LogP contribution in [0, 0.1) is 5.92 Å². The molecule has 0 aliphatic heterocycles. The first-order valence-corrected chi connectivity index (χ1v) is 5.20. The summed E-state index contributed by atoms with van der Waals surface area (Å²) in [6.45, 7) is 8.30. The van der Waals surface area contributed by atoms with Gasteiger partial charge in [-0.1, -0.05) is 20.8 Å². The van der Waals surface area contributed by atoms with Crippen molar-refractivity contribution >= 4 is 17.5 Å². The van der Waals surface area contributed by atoms with Crippen LogP contribution in [0.15, 0.2) is 0 Å². The molecule has 0 N–H and O–H groups in total. The maximum Gasteiger partial charge on any atom is 0.130 e. The van der Waals surface area contributed by atoms with E-state index < -0.39 is 0 Å². The summed E-state index contributed by atoms with van der Waals surface area (Å²) < 4.78 is 0. The summed E-state index contributed by atoms with van der Waals surface area (Å²) >= 11 is 1.89. The highest BCUT2D eigenvalue weighted by Gasteiger charge is 2.06. The topological polar surface area (TPSA) is 17.1 Å². The molecule has 0 fully saturated rings. The van der Waals surface area contributed by atoms with E-state index in [1.54, 1.807) is 6.92 Å². The summed E-state index contributed by atoms with van der Waals surface area (Å²) in [5, 5.41) is 0.675. The molecule has 0 aromatic carbocycles. The molecule has 0 aromatic heterocycles. The average Bonchev–Trinajstić information content (AvgIpc) is 1.86. The zero-order valence-corrected chi connectivity index (χ0v) is 8.70. The van der Waals surface area contributed by atoms with Gasteiger partial charge in [0.05, 0.1) is 0 Å². The number of carbonyl (C=O) groups is 1. The van der Waals surface area contributed by atoms with Crippen molar-refractivity contribution in [2.24, 2.45) is 5.92 Å². The first-order chi connectivity index (χ1) is 5.04. The first-order valence-electron chi connectivity index (χ1n) is 4.15. The Morgan fingerprint density at radius 2 is 1.91 bits per heavy atom. The van der Waals surface area contributed by atoms with Crippen LogP contribution >= 0.6 is 11.8 Å². The van der Waals surface area contributed by atoms with Crippen molar-refractivity contribution in [1.29, 1.82) is 0 Å². The number of carbonyl (C=O) groups excluding carboxylic acids is 1. The van der Waals surface area contributed by atoms with Crippen molar-refractivity contribution in [2.75, 3.05) is 5.75 Å². The number of hydrogen-bond donors (Lipinski definition) is 0. The molecule has 0 bridgehead atoms. The Balaban J connectivity index is 3.31. The first kappa shape index (κ1) is 11.0. The van der Waals surface area contributed by atoms with Crippen LogP contribution in [0.1, 0.15) is 34.1 Å². The van der Waals surface area contributed by atoms with E-state index in [1.807, 2.05) is 11.8 Å². The van der Waals surface area contributed by atoms with Gasteiger partial charge >= 0.3 is 0 Å². The van der Waals surface area contributed by atoms with Gasteiger partial charge < -0.3 is 0 Å². The van der Waals surface area contributed by atoms with Crippen LogP contribution in [0.2, 0.25) is 0 Å². The van der Waals surface area contributed by atoms with Crippen LogP contribution in [0.5, 0.6) is 0 Å². The molecule has 66 valence electrons. The third kappa shape index (κ3) is 6.42. The van der Waals surface area contributed by atoms with Gasteiger partial charge in [0, 0.05) is 17.4 Å². The Morgan fingerprint density at radius 1 is 1.36 bits per heavy atom. The van der Waals surface area contributed by atoms with Gasteiger partial charge in [0.2, 0.25) is 0 Å². The molecule has 11 heavy (non-hydrogen) atoms. The van der Waals surface area contributed by atoms with Crippen molar-refractivity contribution in [3.05, 3.63) is 0 Å². The van der Waals surface area contributed by atoms with E-state index >= 15 is 0 Å². The van der Waals surface area contributed by atoms with E-state index in [9.17, 15) is 4.79 Å². The highest BCUT2D eigenvalue weighted by Crippen LogP contribution is 2.19. The van der Waals surface area contributed by atoms with E-state index in [2.05, 4.69) is 20.8 Å². The van der Waals surface area contributed by atoms with Crippen LogP contribution in [0.4, 0.5) is 0 Å². The Kier molecular flexibility index (Phi) is 5.65. The molecule has 0 aliphatic rings. The summed E-state index contributed by atoms with van der Waals surface area (Å²) in [6.07, 6.45) is 0.724. The lowest BCUT2D eigenvalue weighted by Gasteiger charge is -2.13. The molecule has 0 spiro atoms. The molecule has 0 rings (SSSR count). The number of Topliss-reactive ketones (excluding diaryl/α,β-unsaturated/α-hetero) is 1. The van der Waals surface area contributed by atoms with Crippen LogP contribution in [-0.2, 0) is 4.79 Å². The molecule has 0 aromatic rings. The van der Waals surface area contributed by atoms with Crippen molar-refractivity contribution in [2.45, 2.75) is 39.4 Å². The van der Waals surface area contributed by atoms with Gasteiger partial charge in [-0.15, -0.1) is 0 Å². The Bertz CT molecular complexity index is 121. The molecule has 1 atom stereocenters. The lowest BCUT2D eigenvalue weighted by atomic mass is 10.2. The Hall–Kier alpha value is 0.0200. The zero-order chi connectivity index (χ0) is 8.85. The van der Waals surface area contributed by atoms with E-state index in [0.717, 1.165) is 12.2 Å². The monoisotopic (exact) mass is 174 g/mol. The molecule has 0 saturated heterocycles. The summed E-state index contributed by atoms with van der Waals surface area (Å²) in [4.78, 5) is 10.6. The fourth-order valence-corrected chi connectivity index (χ4v) is 1.74. The van der Waals surface area contributed by atoms with Crippen LogP contribution in [0.25, 0.3) is 0 Å². The van der Waals surface area contributed by atoms with Gasteiger partial charge in [-0.25, -0.2) is 0 Å². The number of rotatable bonds is 5. The third-order valence-electron chi connectivity index (χ3n) is 1.77. The minimum absolute atomic E-state index is 0.299. The van der Waals surface area contributed by atoms with Crippen LogP contribution in [-0.4, -0.2) is 16.8 Å². The maximum absolute atomic E-state index is 10.6. The molecule has 0 radical (unpaired) electrons. The maximum atomic E-state index is 10.6. The fraction of sp³-hybridized carbons (Fsp3) is 0.889. The second-order valence-electron chi connectivity index (χ2n) is 3.27. The summed E-state index contributed by atoms with van der Waals surface area (Å²) in [6, 6.07) is 0. The molecule has 0 saturated carbocycles. The van der Waals surface area contributed by atoms with Crippen molar-refractivity contribution in [3.8, 4) is 0 Å². The average molecular weight is 174 g/mol. The van der Waals surface area contributed by atoms with Gasteiger partial charge in [-0.3, -0.25) is 4.79 Å². The molecule has 1 nitrogen and oxygen atoms in total. The summed E-state index contributed by atoms with van der Waals surface area (Å²) in [7, 11) is 0. The van der Waals surface area contributed by atoms with Gasteiger partial charge in [-0.2, -0.15) is 11.8 Å². The molecule has 0 amide bonds. The lowest BCUT2D eigenvalue weighted by molar-refractivity contribution is -0.116. The molecule has 0 heterocycles. The molecular formula is C9H18OS. The standard InChI is InChI=1S/C9H18OS/c1-7(2)9(4)11-6-5-8(3)10/h7,9H,5-6H2,1-4H3. The zero-order valence-electron chi connectivity index (χ0n) is 7.89. The third-order valence-corrected chi connectivity index (χ3v) is 3.28. The van der Waals surface area contributed by atoms with Gasteiger partial charge in [-0.05, 0) is 12.8 Å². The molecule has 2 heteroatoms. The minimum Gasteiger partial charge on any atom is -0.300 e. The smallest absolute Gasteiger partial charge is 0.130 e. The summed E-state index contributed by atoms with van der Waals surface area (Å²) in [5.74, 6) is 2.00. The normalized spacial score (nSPS) is 13.5. The minimum atomic E-state index is 0.299. The largest absolute Gasteiger partial charge is 0.300 e. The highest BCUT2D eigenvalue weighted by atomic mass is 32.2. The van der Waals surface area contributed by atoms with Crippen LogP contribution < -0.4 is 0 Å². The predicted octanol–water partition coefficient (Wildman–Crippen LogP) is 2.74. The highest BCUT2D eigenvalue weighted by molar-refractivity contribution is 7.99. The van der Waals surface area contributed by atoms with E-state index in [-0.39, 0.29) is 0 Å². The van der Waals surface area contributed by atoms with Gasteiger partial charge in [0.1, 0.15) is 5.78 Å². The van der Waals surface area contributed by atoms with Crippen molar-refractivity contribution < 1.29 is 4.79 Å². The van der Waals surface area contributed by atoms with E-state index in [4.69, 9.17) is 0 Å². The fourth-order valence-electron chi connectivity index (χ4n) is 0.581. The van der Waals surface area contributed by atoms with Crippen LogP contribution in [0.3, 0.4) is 0 Å². The Morgan fingerprint density at radius 3 is 2.27 bits per heavy atom. The van der Waals surface area contributed by atoms with Gasteiger partial charge in [0.15, 0.2) is 0 Å². The Labute approximate surface area is 73.9 Å². The number of hydrogen-bond acceptors (Lipinski definition) is 2. The molecule has 0 aliphatic carbocycles. The second-order valence-corrected chi connectivity index (χ2v) is 4.76. The summed E-state index contributed by atoms with van der Waals surface area (Å²) in [5.41, 5.74) is 0. The second kappa shape index (κ2) is 5.64. The number of thioether (sulfide) groups is 1. The predicted molar refractivity (Wildman–Crippen MR) is 52.1 cm³/mol. The lowest BCUT2D eigenvalue weighted by Crippen LogP contribution is -2.07. The quantitative estimate of drug-likeness (QED) is 0.637. The van der Waals surface area contributed by atoms with Gasteiger partial charge in [0.25, 0.3) is 0 Å². The number of ketones is 1. The SMILES string of the molecule is CC(=O)CCSC(C)C(C)C. The van der Waals surface area contributed by atoms with E-state index in [0.29, 0.717) is 17.0 Å². The molecular weight excluding hydrogens is 156 g/mol. The van der Waals surface area contributed by atoms with Crippen molar-refractivity contribution in [3.63, 3.8) is 0 Å². The van der Waals surface area contributed by atoms with E-state index in [1.165, 1.54) is 0 Å².